The largest absolute Gasteiger partial charge is 0.434 e. The number of likely N-dealkylation sites (tertiary alicyclic amines) is 1. The number of carbonyl (C=O) groups excluding carboxylic acids is 1. The third kappa shape index (κ3) is 4.24. The fourth-order valence-electron chi connectivity index (χ4n) is 5.81. The van der Waals surface area contributed by atoms with Crippen molar-refractivity contribution < 1.29 is 23.0 Å². The molecule has 3 aromatic rings. The van der Waals surface area contributed by atoms with E-state index >= 15 is 0 Å². The van der Waals surface area contributed by atoms with E-state index in [2.05, 4.69) is 28.4 Å². The van der Waals surface area contributed by atoms with Crippen molar-refractivity contribution >= 4 is 16.9 Å². The zero-order valence-corrected chi connectivity index (χ0v) is 20.8. The maximum Gasteiger partial charge on any atom is 0.387 e. The Morgan fingerprint density at radius 1 is 1.14 bits per heavy atom. The lowest BCUT2D eigenvalue weighted by Crippen LogP contribution is -2.34. The molecule has 6 rings (SSSR count). The van der Waals surface area contributed by atoms with Crippen LogP contribution >= 0.6 is 0 Å². The number of rotatable bonds is 4. The average Bonchev–Trinajstić information content (AvgIpc) is 3.40. The van der Waals surface area contributed by atoms with Gasteiger partial charge in [-0.2, -0.15) is 8.78 Å². The number of hydrogen-bond donors (Lipinski definition) is 0. The molecule has 0 N–H and O–H groups in total. The maximum absolute atomic E-state index is 13.3. The molecular weight excluding hydrogens is 478 g/mol. The number of imidazole rings is 1. The predicted molar refractivity (Wildman–Crippen MR) is 134 cm³/mol. The fourth-order valence-corrected chi connectivity index (χ4v) is 5.81. The maximum atomic E-state index is 13.3. The van der Waals surface area contributed by atoms with Crippen molar-refractivity contribution in [3.63, 3.8) is 0 Å². The van der Waals surface area contributed by atoms with E-state index in [1.165, 1.54) is 6.07 Å². The van der Waals surface area contributed by atoms with E-state index in [4.69, 9.17) is 14.5 Å². The molecule has 1 amide bonds. The van der Waals surface area contributed by atoms with Crippen molar-refractivity contribution in [1.82, 2.24) is 19.4 Å². The van der Waals surface area contributed by atoms with Gasteiger partial charge in [0.25, 0.3) is 5.91 Å². The molecule has 3 aliphatic rings. The summed E-state index contributed by atoms with van der Waals surface area (Å²) in [4.78, 5) is 22.0. The van der Waals surface area contributed by atoms with E-state index in [9.17, 15) is 13.6 Å². The van der Waals surface area contributed by atoms with Gasteiger partial charge in [-0.3, -0.25) is 4.79 Å². The first kappa shape index (κ1) is 23.9. The Kier molecular flexibility index (Phi) is 6.09. The Bertz CT molecular complexity index is 1420. The van der Waals surface area contributed by atoms with Crippen LogP contribution < -0.4 is 4.74 Å². The normalized spacial score (nSPS) is 21.5. The minimum atomic E-state index is -2.99. The van der Waals surface area contributed by atoms with E-state index in [0.717, 1.165) is 48.4 Å². The van der Waals surface area contributed by atoms with Gasteiger partial charge in [0.2, 0.25) is 0 Å². The van der Waals surface area contributed by atoms with Crippen LogP contribution in [-0.2, 0) is 4.74 Å². The van der Waals surface area contributed by atoms with Gasteiger partial charge in [-0.05, 0) is 50.2 Å². The summed E-state index contributed by atoms with van der Waals surface area (Å²) in [7, 11) is 3.85. The van der Waals surface area contributed by atoms with Crippen LogP contribution in [-0.4, -0.2) is 71.8 Å². The Morgan fingerprint density at radius 2 is 1.95 bits per heavy atom. The lowest BCUT2D eigenvalue weighted by atomic mass is 9.97. The second-order valence-corrected chi connectivity index (χ2v) is 9.94. The van der Waals surface area contributed by atoms with Crippen molar-refractivity contribution in [2.24, 2.45) is 0 Å². The summed E-state index contributed by atoms with van der Waals surface area (Å²) in [6.45, 7) is -0.539. The number of fused-ring (bicyclic) bond motifs is 9. The number of hydrogen-bond acceptors (Lipinski definition) is 5. The van der Waals surface area contributed by atoms with Gasteiger partial charge < -0.3 is 23.8 Å². The second kappa shape index (κ2) is 9.43. The van der Waals surface area contributed by atoms with Gasteiger partial charge in [0.15, 0.2) is 0 Å². The Morgan fingerprint density at radius 3 is 2.73 bits per heavy atom. The summed E-state index contributed by atoms with van der Waals surface area (Å²) in [6.07, 6.45) is 2.82. The van der Waals surface area contributed by atoms with E-state index in [1.54, 1.807) is 24.1 Å². The first-order chi connectivity index (χ1) is 17.9. The molecule has 2 aromatic carbocycles. The fraction of sp³-hybridized carbons (Fsp3) is 0.429. The van der Waals surface area contributed by atoms with Crippen LogP contribution in [0.2, 0.25) is 0 Å². The molecule has 9 heteroatoms. The van der Waals surface area contributed by atoms with Crippen LogP contribution in [0.4, 0.5) is 8.78 Å². The van der Waals surface area contributed by atoms with Gasteiger partial charge in [-0.1, -0.05) is 17.9 Å². The SMILES string of the molecule is CN1CCC(OCC#Cc2ccc3nc4n(c3c2)C2CC4N(C)C(=O)c3cccc(OC(F)F)c32)CC1. The summed E-state index contributed by atoms with van der Waals surface area (Å²) in [5.74, 6) is 6.86. The molecule has 1 aromatic heterocycles. The summed E-state index contributed by atoms with van der Waals surface area (Å²) in [5.41, 5.74) is 3.30. The number of alkyl halides is 2. The molecule has 1 fully saturated rings. The van der Waals surface area contributed by atoms with Crippen LogP contribution in [0.25, 0.3) is 11.0 Å². The highest BCUT2D eigenvalue weighted by Gasteiger charge is 2.45. The molecule has 0 saturated carbocycles. The van der Waals surface area contributed by atoms with E-state index in [0.29, 0.717) is 24.2 Å². The highest BCUT2D eigenvalue weighted by molar-refractivity contribution is 5.97. The van der Waals surface area contributed by atoms with E-state index in [-0.39, 0.29) is 29.8 Å². The van der Waals surface area contributed by atoms with Crippen molar-refractivity contribution in [1.29, 1.82) is 0 Å². The molecule has 37 heavy (non-hydrogen) atoms. The molecule has 4 heterocycles. The zero-order valence-electron chi connectivity index (χ0n) is 20.8. The quantitative estimate of drug-likeness (QED) is 0.496. The lowest BCUT2D eigenvalue weighted by molar-refractivity contribution is -0.0507. The van der Waals surface area contributed by atoms with Crippen molar-refractivity contribution in [2.75, 3.05) is 33.8 Å². The number of aromatic nitrogens is 2. The van der Waals surface area contributed by atoms with Crippen LogP contribution in [0.5, 0.6) is 5.75 Å². The lowest BCUT2D eigenvalue weighted by Gasteiger charge is -2.28. The molecule has 192 valence electrons. The monoisotopic (exact) mass is 506 g/mol. The second-order valence-electron chi connectivity index (χ2n) is 9.94. The molecule has 0 spiro atoms. The van der Waals surface area contributed by atoms with Gasteiger partial charge in [0.1, 0.15) is 18.2 Å². The van der Waals surface area contributed by atoms with E-state index < -0.39 is 6.61 Å². The topological polar surface area (TPSA) is 59.8 Å². The third-order valence-electron chi connectivity index (χ3n) is 7.70. The predicted octanol–water partition coefficient (Wildman–Crippen LogP) is 4.22. The standard InChI is InChI=1S/C28H28F2N4O3/c1-32-12-10-18(11-13-32)36-14-4-5-17-8-9-20-21(15-17)34-22-16-23(26(34)31-20)33(2)27(35)19-6-3-7-24(25(19)22)37-28(29)30/h3,6-9,15,18,22-23,28H,10-14,16H2,1-2H3. The van der Waals surface area contributed by atoms with Gasteiger partial charge in [0.05, 0.1) is 29.2 Å². The van der Waals surface area contributed by atoms with Crippen LogP contribution in [0, 0.1) is 11.8 Å². The Balaban J connectivity index is 1.34. The van der Waals surface area contributed by atoms with Crippen LogP contribution in [0.3, 0.4) is 0 Å². The molecule has 0 aliphatic carbocycles. The van der Waals surface area contributed by atoms with Crippen molar-refractivity contribution in [3.8, 4) is 17.6 Å². The van der Waals surface area contributed by atoms with Crippen LogP contribution in [0.15, 0.2) is 36.4 Å². The smallest absolute Gasteiger partial charge is 0.387 e. The Hall–Kier alpha value is -3.48. The number of ether oxygens (including phenoxy) is 2. The molecule has 3 aliphatic heterocycles. The Labute approximate surface area is 214 Å². The van der Waals surface area contributed by atoms with Gasteiger partial charge in [0, 0.05) is 43.2 Å². The van der Waals surface area contributed by atoms with Gasteiger partial charge >= 0.3 is 6.61 Å². The minimum absolute atomic E-state index is 0.0246. The van der Waals surface area contributed by atoms with Crippen LogP contribution in [0.1, 0.15) is 58.7 Å². The molecule has 2 unspecified atom stereocenters. The molecule has 2 bridgehead atoms. The number of amides is 1. The first-order valence-electron chi connectivity index (χ1n) is 12.6. The number of piperidine rings is 1. The highest BCUT2D eigenvalue weighted by atomic mass is 19.3. The number of carbonyl (C=O) groups is 1. The summed E-state index contributed by atoms with van der Waals surface area (Å²) in [6, 6.07) is 9.93. The minimum Gasteiger partial charge on any atom is -0.434 e. The highest BCUT2D eigenvalue weighted by Crippen LogP contribution is 2.49. The number of nitrogens with zero attached hydrogens (tertiary/aromatic N) is 4. The van der Waals surface area contributed by atoms with Crippen molar-refractivity contribution in [3.05, 3.63) is 58.9 Å². The molecule has 0 radical (unpaired) electrons. The zero-order chi connectivity index (χ0) is 25.7. The van der Waals surface area contributed by atoms with E-state index in [1.807, 2.05) is 18.2 Å². The van der Waals surface area contributed by atoms with Gasteiger partial charge in [-0.25, -0.2) is 4.98 Å². The third-order valence-corrected chi connectivity index (χ3v) is 7.70. The molecular formula is C28H28F2N4O3. The molecule has 7 nitrogen and oxygen atoms in total. The summed E-state index contributed by atoms with van der Waals surface area (Å²) >= 11 is 0. The first-order valence-corrected chi connectivity index (χ1v) is 12.6. The summed E-state index contributed by atoms with van der Waals surface area (Å²) < 4.78 is 39.4. The summed E-state index contributed by atoms with van der Waals surface area (Å²) in [5, 5.41) is 0. The number of benzene rings is 2. The number of halogens is 2. The molecule has 1 saturated heterocycles. The molecule has 2 atom stereocenters. The van der Waals surface area contributed by atoms with Gasteiger partial charge in [-0.15, -0.1) is 0 Å². The average molecular weight is 507 g/mol. The van der Waals surface area contributed by atoms with Crippen molar-refractivity contribution in [2.45, 2.75) is 44.1 Å².